The zero-order valence-corrected chi connectivity index (χ0v) is 21.5. The van der Waals surface area contributed by atoms with E-state index in [1.807, 2.05) is 25.1 Å². The molecule has 6 nitrogen and oxygen atoms in total. The highest BCUT2D eigenvalue weighted by atomic mass is 35.5. The number of aryl methyl sites for hydroxylation is 1. The van der Waals surface area contributed by atoms with E-state index < -0.39 is 0 Å². The standard InChI is InChI=1S/C29H31ClN4O2/c1-3-26-28(34-19-23(30)8-13-27(34)32-26)29(35)31-18-20-4-9-24(10-5-20)33-16-14-22(15-17-33)21-6-11-25(36-2)12-7-21/h4-13,19,22H,3,14-18H2,1-2H3,(H,31,35). The van der Waals surface area contributed by atoms with Gasteiger partial charge in [0.2, 0.25) is 0 Å². The van der Waals surface area contributed by atoms with Gasteiger partial charge in [0, 0.05) is 31.5 Å². The number of rotatable bonds is 7. The number of amides is 1. The summed E-state index contributed by atoms with van der Waals surface area (Å²) < 4.78 is 7.05. The number of nitrogens with one attached hydrogen (secondary N) is 1. The van der Waals surface area contributed by atoms with Crippen LogP contribution in [0.2, 0.25) is 5.02 Å². The summed E-state index contributed by atoms with van der Waals surface area (Å²) in [4.78, 5) is 20.1. The topological polar surface area (TPSA) is 58.9 Å². The summed E-state index contributed by atoms with van der Waals surface area (Å²) >= 11 is 6.16. The van der Waals surface area contributed by atoms with Crippen LogP contribution in [0.25, 0.3) is 5.65 Å². The van der Waals surface area contributed by atoms with Crippen molar-refractivity contribution in [2.45, 2.75) is 38.6 Å². The SMILES string of the molecule is CCc1nc2ccc(Cl)cn2c1C(=O)NCc1ccc(N2CCC(c3ccc(OC)cc3)CC2)cc1. The van der Waals surface area contributed by atoms with Crippen LogP contribution < -0.4 is 15.0 Å². The van der Waals surface area contributed by atoms with Crippen LogP contribution in [0.5, 0.6) is 5.75 Å². The molecule has 0 bridgehead atoms. The molecule has 1 aliphatic heterocycles. The highest BCUT2D eigenvalue weighted by molar-refractivity contribution is 6.30. The van der Waals surface area contributed by atoms with Crippen LogP contribution in [-0.4, -0.2) is 35.5 Å². The molecule has 5 rings (SSSR count). The van der Waals surface area contributed by atoms with E-state index in [9.17, 15) is 4.79 Å². The van der Waals surface area contributed by atoms with Gasteiger partial charge in [0.1, 0.15) is 17.1 Å². The second kappa shape index (κ2) is 10.6. The zero-order chi connectivity index (χ0) is 25.1. The van der Waals surface area contributed by atoms with Crippen molar-refractivity contribution in [2.75, 3.05) is 25.1 Å². The third kappa shape index (κ3) is 5.05. The molecule has 1 amide bonds. The number of halogens is 1. The molecule has 36 heavy (non-hydrogen) atoms. The van der Waals surface area contributed by atoms with E-state index in [1.54, 1.807) is 23.8 Å². The Labute approximate surface area is 216 Å². The van der Waals surface area contributed by atoms with Crippen molar-refractivity contribution in [3.05, 3.63) is 94.4 Å². The minimum absolute atomic E-state index is 0.147. The molecule has 4 aromatic rings. The second-order valence-electron chi connectivity index (χ2n) is 9.22. The quantitative estimate of drug-likeness (QED) is 0.343. The Bertz CT molecular complexity index is 1340. The molecular weight excluding hydrogens is 472 g/mol. The summed E-state index contributed by atoms with van der Waals surface area (Å²) in [5.74, 6) is 1.34. The fourth-order valence-electron chi connectivity index (χ4n) is 4.99. The smallest absolute Gasteiger partial charge is 0.270 e. The van der Waals surface area contributed by atoms with Crippen molar-refractivity contribution < 1.29 is 9.53 Å². The van der Waals surface area contributed by atoms with Crippen LogP contribution in [0.4, 0.5) is 5.69 Å². The van der Waals surface area contributed by atoms with Crippen molar-refractivity contribution in [1.82, 2.24) is 14.7 Å². The highest BCUT2D eigenvalue weighted by Crippen LogP contribution is 2.31. The number of piperidine rings is 1. The lowest BCUT2D eigenvalue weighted by Gasteiger charge is -2.34. The number of aromatic nitrogens is 2. The number of pyridine rings is 1. The Morgan fingerprint density at radius 1 is 1.06 bits per heavy atom. The van der Waals surface area contributed by atoms with Gasteiger partial charge >= 0.3 is 0 Å². The summed E-state index contributed by atoms with van der Waals surface area (Å²) in [6.07, 6.45) is 4.68. The molecule has 0 unspecified atom stereocenters. The molecule has 1 aliphatic rings. The lowest BCUT2D eigenvalue weighted by Crippen LogP contribution is -2.32. The molecule has 0 spiro atoms. The van der Waals surface area contributed by atoms with Crippen LogP contribution in [-0.2, 0) is 13.0 Å². The van der Waals surface area contributed by atoms with Gasteiger partial charge in [-0.15, -0.1) is 0 Å². The lowest BCUT2D eigenvalue weighted by atomic mass is 9.89. The molecule has 186 valence electrons. The molecule has 3 heterocycles. The third-order valence-corrected chi connectivity index (χ3v) is 7.26. The van der Waals surface area contributed by atoms with Gasteiger partial charge in [-0.1, -0.05) is 42.8 Å². The maximum Gasteiger partial charge on any atom is 0.270 e. The first-order valence-corrected chi connectivity index (χ1v) is 12.9. The highest BCUT2D eigenvalue weighted by Gasteiger charge is 2.21. The Morgan fingerprint density at radius 3 is 2.44 bits per heavy atom. The molecule has 1 fully saturated rings. The van der Waals surface area contributed by atoms with Gasteiger partial charge in [-0.05, 0) is 72.7 Å². The molecule has 2 aromatic carbocycles. The van der Waals surface area contributed by atoms with Crippen LogP contribution in [0.3, 0.4) is 0 Å². The Hall–Kier alpha value is -3.51. The van der Waals surface area contributed by atoms with Gasteiger partial charge in [0.15, 0.2) is 0 Å². The van der Waals surface area contributed by atoms with Crippen LogP contribution in [0, 0.1) is 0 Å². The Morgan fingerprint density at radius 2 is 1.78 bits per heavy atom. The Kier molecular flexibility index (Phi) is 7.14. The minimum Gasteiger partial charge on any atom is -0.497 e. The Balaban J connectivity index is 1.18. The molecular formula is C29H31ClN4O2. The number of hydrogen-bond donors (Lipinski definition) is 1. The first-order chi connectivity index (χ1) is 17.6. The molecule has 1 saturated heterocycles. The van der Waals surface area contributed by atoms with Crippen molar-refractivity contribution in [1.29, 1.82) is 0 Å². The van der Waals surface area contributed by atoms with Crippen LogP contribution in [0.1, 0.15) is 53.0 Å². The number of carbonyl (C=O) groups is 1. The van der Waals surface area contributed by atoms with E-state index >= 15 is 0 Å². The van der Waals surface area contributed by atoms with Crippen molar-refractivity contribution in [3.8, 4) is 5.75 Å². The van der Waals surface area contributed by atoms with Crippen molar-refractivity contribution in [2.24, 2.45) is 0 Å². The number of anilines is 1. The number of fused-ring (bicyclic) bond motifs is 1. The molecule has 0 radical (unpaired) electrons. The molecule has 7 heteroatoms. The molecule has 0 aliphatic carbocycles. The predicted octanol–water partition coefficient (Wildman–Crippen LogP) is 5.87. The van der Waals surface area contributed by atoms with Gasteiger partial charge in [-0.25, -0.2) is 4.98 Å². The lowest BCUT2D eigenvalue weighted by molar-refractivity contribution is 0.0944. The van der Waals surface area contributed by atoms with Crippen LogP contribution in [0.15, 0.2) is 66.9 Å². The monoisotopic (exact) mass is 502 g/mol. The van der Waals surface area contributed by atoms with Crippen molar-refractivity contribution >= 4 is 28.8 Å². The number of imidazole rings is 1. The second-order valence-corrected chi connectivity index (χ2v) is 9.66. The molecule has 0 saturated carbocycles. The largest absolute Gasteiger partial charge is 0.497 e. The van der Waals surface area contributed by atoms with Gasteiger partial charge in [0.25, 0.3) is 5.91 Å². The van der Waals surface area contributed by atoms with E-state index in [0.717, 1.165) is 48.6 Å². The van der Waals surface area contributed by atoms with E-state index in [1.165, 1.54) is 11.3 Å². The summed E-state index contributed by atoms with van der Waals surface area (Å²) in [7, 11) is 1.70. The number of carbonyl (C=O) groups excluding carboxylic acids is 1. The maximum absolute atomic E-state index is 13.1. The fourth-order valence-corrected chi connectivity index (χ4v) is 5.15. The number of hydrogen-bond acceptors (Lipinski definition) is 4. The third-order valence-electron chi connectivity index (χ3n) is 7.04. The first kappa shape index (κ1) is 24.2. The van der Waals surface area contributed by atoms with E-state index in [2.05, 4.69) is 51.6 Å². The van der Waals surface area contributed by atoms with Gasteiger partial charge in [-0.2, -0.15) is 0 Å². The normalized spacial score (nSPS) is 14.2. The predicted molar refractivity (Wildman–Crippen MR) is 144 cm³/mol. The number of nitrogens with zero attached hydrogens (tertiary/aromatic N) is 3. The number of benzene rings is 2. The van der Waals surface area contributed by atoms with E-state index in [4.69, 9.17) is 16.3 Å². The summed E-state index contributed by atoms with van der Waals surface area (Å²) in [6, 6.07) is 20.6. The fraction of sp³-hybridized carbons (Fsp3) is 0.310. The number of methoxy groups -OCH3 is 1. The first-order valence-electron chi connectivity index (χ1n) is 12.5. The zero-order valence-electron chi connectivity index (χ0n) is 20.7. The van der Waals surface area contributed by atoms with E-state index in [0.29, 0.717) is 29.6 Å². The average Bonchev–Trinajstić information content (AvgIpc) is 3.30. The minimum atomic E-state index is -0.147. The van der Waals surface area contributed by atoms with E-state index in [-0.39, 0.29) is 5.91 Å². The van der Waals surface area contributed by atoms with Gasteiger partial charge < -0.3 is 15.0 Å². The van der Waals surface area contributed by atoms with Gasteiger partial charge in [-0.3, -0.25) is 9.20 Å². The summed E-state index contributed by atoms with van der Waals surface area (Å²) in [6.45, 7) is 4.52. The average molecular weight is 503 g/mol. The molecule has 2 aromatic heterocycles. The maximum atomic E-state index is 13.1. The van der Waals surface area contributed by atoms with Gasteiger partial charge in [0.05, 0.1) is 17.8 Å². The van der Waals surface area contributed by atoms with Crippen molar-refractivity contribution in [3.63, 3.8) is 0 Å². The summed E-state index contributed by atoms with van der Waals surface area (Å²) in [5, 5.41) is 3.62. The number of ether oxygens (including phenoxy) is 1. The molecule has 1 N–H and O–H groups in total. The summed E-state index contributed by atoms with van der Waals surface area (Å²) in [5.41, 5.74) is 5.71. The molecule has 0 atom stereocenters. The van der Waals surface area contributed by atoms with Crippen LogP contribution >= 0.6 is 11.6 Å².